The summed E-state index contributed by atoms with van der Waals surface area (Å²) in [5, 5.41) is 7.72. The van der Waals surface area contributed by atoms with E-state index in [4.69, 9.17) is 5.11 Å². The lowest BCUT2D eigenvalue weighted by atomic mass is 10.1. The van der Waals surface area contributed by atoms with Crippen molar-refractivity contribution in [2.45, 2.75) is 6.32 Å². The molecule has 0 fully saturated rings. The lowest BCUT2D eigenvalue weighted by Gasteiger charge is -1.71. The maximum absolute atomic E-state index is 9.37. The molecule has 0 heterocycles. The van der Waals surface area contributed by atoms with Crippen molar-refractivity contribution in [3.05, 3.63) is 0 Å². The summed E-state index contributed by atoms with van der Waals surface area (Å²) in [4.78, 5) is 9.37. The van der Waals surface area contributed by atoms with Crippen LogP contribution in [0, 0.1) is 0 Å². The second-order valence-corrected chi connectivity index (χ2v) is 0.747. The monoisotopic (exact) mass is 72.0 g/mol. The molecule has 0 aromatic heterocycles. The molecule has 0 bridgehead atoms. The van der Waals surface area contributed by atoms with Crippen molar-refractivity contribution in [3.63, 3.8) is 0 Å². The summed E-state index contributed by atoms with van der Waals surface area (Å²) in [5.74, 6) is -0.745. The van der Waals surface area contributed by atoms with Crippen LogP contribution in [-0.2, 0) is 4.79 Å². The van der Waals surface area contributed by atoms with Crippen molar-refractivity contribution in [1.29, 1.82) is 0 Å². The van der Waals surface area contributed by atoms with Gasteiger partial charge in [0.2, 0.25) is 0 Å². The molecule has 5 heavy (non-hydrogen) atoms. The van der Waals surface area contributed by atoms with Gasteiger partial charge in [-0.2, -0.15) is 0 Å². The number of carbonyl (C=O) groups is 1. The van der Waals surface area contributed by atoms with Crippen molar-refractivity contribution in [3.8, 4) is 0 Å². The third kappa shape index (κ3) is 3.53. The number of aliphatic carboxylic acids is 1. The maximum Gasteiger partial charge on any atom is 0.295 e. The van der Waals surface area contributed by atoms with Gasteiger partial charge in [0, 0.05) is 6.32 Å². The number of carboxylic acid groups (broad SMARTS) is 1. The second-order valence-electron chi connectivity index (χ2n) is 0.747. The Bertz CT molecular complexity index is 42.9. The Labute approximate surface area is 31.2 Å². The summed E-state index contributed by atoms with van der Waals surface area (Å²) < 4.78 is 0. The van der Waals surface area contributed by atoms with Gasteiger partial charge in [0.25, 0.3) is 5.97 Å². The molecule has 0 radical (unpaired) electrons. The van der Waals surface area contributed by atoms with E-state index < -0.39 is 5.97 Å². The Morgan fingerprint density at radius 1 is 2.00 bits per heavy atom. The average molecular weight is 71.9 g/mol. The number of rotatable bonds is 1. The van der Waals surface area contributed by atoms with Crippen molar-refractivity contribution >= 4 is 13.8 Å². The third-order valence-electron chi connectivity index (χ3n) is 0.302. The minimum atomic E-state index is -0.745. The van der Waals surface area contributed by atoms with E-state index in [2.05, 4.69) is 0 Å². The van der Waals surface area contributed by atoms with E-state index in [1.54, 1.807) is 7.85 Å². The van der Waals surface area contributed by atoms with Gasteiger partial charge in [0.05, 0.1) is 0 Å². The van der Waals surface area contributed by atoms with Crippen LogP contribution in [0.3, 0.4) is 0 Å². The van der Waals surface area contributed by atoms with Crippen molar-refractivity contribution in [1.82, 2.24) is 0 Å². The molecule has 0 aliphatic heterocycles. The van der Waals surface area contributed by atoms with E-state index in [1.165, 1.54) is 0 Å². The highest BCUT2D eigenvalue weighted by molar-refractivity contribution is 6.18. The highest BCUT2D eigenvalue weighted by Gasteiger charge is 1.81. The molecular formula is C2H5BO2. The Morgan fingerprint density at radius 2 is 2.20 bits per heavy atom. The molecule has 0 aromatic carbocycles. The molecule has 0 unspecified atom stereocenters. The summed E-state index contributed by atoms with van der Waals surface area (Å²) in [5.41, 5.74) is 0. The molecule has 1 N–H and O–H groups in total. The van der Waals surface area contributed by atoms with Crippen molar-refractivity contribution < 1.29 is 9.90 Å². The topological polar surface area (TPSA) is 37.3 Å². The molecule has 0 atom stereocenters. The molecule has 28 valence electrons. The zero-order chi connectivity index (χ0) is 4.28. The van der Waals surface area contributed by atoms with Crippen LogP contribution in [0.5, 0.6) is 0 Å². The maximum atomic E-state index is 9.37. The molecular weight excluding hydrogens is 66.8 g/mol. The predicted octanol–water partition coefficient (Wildman–Crippen LogP) is -0.878. The molecule has 0 aliphatic carbocycles. The molecule has 0 aliphatic rings. The van der Waals surface area contributed by atoms with Gasteiger partial charge in [0.1, 0.15) is 7.85 Å². The number of hydrogen-bond donors (Lipinski definition) is 1. The van der Waals surface area contributed by atoms with E-state index in [-0.39, 0.29) is 6.32 Å². The minimum absolute atomic E-state index is 0.222. The normalized spacial score (nSPS) is 7.20. The van der Waals surface area contributed by atoms with Crippen molar-refractivity contribution in [2.75, 3.05) is 0 Å². The van der Waals surface area contributed by atoms with Gasteiger partial charge < -0.3 is 5.11 Å². The Hall–Kier alpha value is -0.465. The first-order valence-electron chi connectivity index (χ1n) is 1.49. The second kappa shape index (κ2) is 1.82. The first-order valence-corrected chi connectivity index (χ1v) is 1.49. The van der Waals surface area contributed by atoms with Crippen LogP contribution in [0.4, 0.5) is 0 Å². The Balaban J connectivity index is 2.85. The fourth-order valence-corrected chi connectivity index (χ4v) is 0. The lowest BCUT2D eigenvalue weighted by Crippen LogP contribution is -1.89. The van der Waals surface area contributed by atoms with Gasteiger partial charge in [-0.15, -0.1) is 0 Å². The quantitative estimate of drug-likeness (QED) is 0.408. The molecule has 3 heteroatoms. The van der Waals surface area contributed by atoms with Gasteiger partial charge in [-0.1, -0.05) is 0 Å². The Kier molecular flexibility index (Phi) is 1.65. The highest BCUT2D eigenvalue weighted by Crippen LogP contribution is 1.63. The summed E-state index contributed by atoms with van der Waals surface area (Å²) in [7, 11) is 1.60. The standard InChI is InChI=1S/C2H5BO2/c3-1-2(4)5/h1,3H2,(H,4,5). The fraction of sp³-hybridized carbons (Fsp3) is 0.500. The molecule has 2 nitrogen and oxygen atoms in total. The SMILES string of the molecule is BCC(=O)O. The predicted molar refractivity (Wildman–Crippen MR) is 21.0 cm³/mol. The molecule has 0 saturated heterocycles. The van der Waals surface area contributed by atoms with Gasteiger partial charge >= 0.3 is 0 Å². The molecule has 0 rings (SSSR count). The van der Waals surface area contributed by atoms with E-state index in [0.717, 1.165) is 0 Å². The highest BCUT2D eigenvalue weighted by atomic mass is 16.4. The summed E-state index contributed by atoms with van der Waals surface area (Å²) in [6.45, 7) is 0. The summed E-state index contributed by atoms with van der Waals surface area (Å²) in [6, 6.07) is 0. The number of hydrogen-bond acceptors (Lipinski definition) is 1. The van der Waals surface area contributed by atoms with Crippen LogP contribution in [-0.4, -0.2) is 18.9 Å². The van der Waals surface area contributed by atoms with E-state index >= 15 is 0 Å². The van der Waals surface area contributed by atoms with Crippen LogP contribution in [0.2, 0.25) is 6.32 Å². The molecule has 0 saturated carbocycles. The zero-order valence-corrected chi connectivity index (χ0v) is 3.06. The molecule has 0 spiro atoms. The van der Waals surface area contributed by atoms with Gasteiger partial charge in [0.15, 0.2) is 0 Å². The smallest absolute Gasteiger partial charge is 0.295 e. The molecule has 0 aromatic rings. The lowest BCUT2D eigenvalue weighted by molar-refractivity contribution is -0.134. The van der Waals surface area contributed by atoms with Crippen LogP contribution >= 0.6 is 0 Å². The van der Waals surface area contributed by atoms with E-state index in [0.29, 0.717) is 0 Å². The molecule has 0 amide bonds. The average Bonchev–Trinajstić information content (AvgIpc) is 1.38. The van der Waals surface area contributed by atoms with Gasteiger partial charge in [-0.25, -0.2) is 0 Å². The fourth-order valence-electron chi connectivity index (χ4n) is 0. The van der Waals surface area contributed by atoms with E-state index in [9.17, 15) is 4.79 Å². The summed E-state index contributed by atoms with van der Waals surface area (Å²) >= 11 is 0. The Morgan fingerprint density at radius 3 is 2.20 bits per heavy atom. The minimum Gasteiger partial charge on any atom is -0.482 e. The van der Waals surface area contributed by atoms with Gasteiger partial charge in [-0.3, -0.25) is 4.79 Å². The van der Waals surface area contributed by atoms with Crippen LogP contribution in [0.25, 0.3) is 0 Å². The van der Waals surface area contributed by atoms with Crippen LogP contribution < -0.4 is 0 Å². The first kappa shape index (κ1) is 4.53. The first-order chi connectivity index (χ1) is 2.27. The van der Waals surface area contributed by atoms with Crippen molar-refractivity contribution in [2.24, 2.45) is 0 Å². The third-order valence-corrected chi connectivity index (χ3v) is 0.302. The number of carboxylic acids is 1. The van der Waals surface area contributed by atoms with Crippen LogP contribution in [0.1, 0.15) is 0 Å². The van der Waals surface area contributed by atoms with Gasteiger partial charge in [-0.05, 0) is 0 Å². The van der Waals surface area contributed by atoms with E-state index in [1.807, 2.05) is 0 Å². The van der Waals surface area contributed by atoms with Crippen LogP contribution in [0.15, 0.2) is 0 Å². The summed E-state index contributed by atoms with van der Waals surface area (Å²) in [6.07, 6.45) is 0.222. The zero-order valence-electron chi connectivity index (χ0n) is 3.06. The largest absolute Gasteiger partial charge is 0.482 e.